The molecular formula is C23H34N4O2. The highest BCUT2D eigenvalue weighted by molar-refractivity contribution is 5.82. The summed E-state index contributed by atoms with van der Waals surface area (Å²) in [6.07, 6.45) is 6.30. The van der Waals surface area contributed by atoms with Crippen molar-refractivity contribution >= 4 is 11.9 Å². The van der Waals surface area contributed by atoms with E-state index < -0.39 is 0 Å². The smallest absolute Gasteiger partial charge is 0.317 e. The van der Waals surface area contributed by atoms with Crippen LogP contribution in [0.15, 0.2) is 43.0 Å². The first-order valence-corrected chi connectivity index (χ1v) is 10.8. The number of rotatable bonds is 7. The first-order chi connectivity index (χ1) is 14.1. The van der Waals surface area contributed by atoms with Gasteiger partial charge < -0.3 is 15.5 Å². The van der Waals surface area contributed by atoms with Crippen molar-refractivity contribution in [3.05, 3.63) is 48.6 Å². The van der Waals surface area contributed by atoms with E-state index in [2.05, 4.69) is 34.2 Å². The normalized spacial score (nSPS) is 20.1. The van der Waals surface area contributed by atoms with Crippen molar-refractivity contribution in [2.24, 2.45) is 5.92 Å². The highest BCUT2D eigenvalue weighted by Gasteiger charge is 2.37. The number of hydrogen-bond acceptors (Lipinski definition) is 3. The average Bonchev–Trinajstić information content (AvgIpc) is 3.27. The minimum Gasteiger partial charge on any atom is -0.348 e. The Labute approximate surface area is 174 Å². The molecule has 2 N–H and O–H groups in total. The van der Waals surface area contributed by atoms with Gasteiger partial charge in [0, 0.05) is 32.7 Å². The summed E-state index contributed by atoms with van der Waals surface area (Å²) in [6.45, 7) is 8.91. The van der Waals surface area contributed by atoms with Gasteiger partial charge in [0.2, 0.25) is 5.91 Å². The number of piperazine rings is 1. The second-order valence-corrected chi connectivity index (χ2v) is 8.13. The molecule has 1 heterocycles. The molecule has 3 amide bonds. The molecule has 0 bridgehead atoms. The Bertz CT molecular complexity index is 679. The Kier molecular flexibility index (Phi) is 7.69. The SMILES string of the molecule is C=CCNC(=O)N1CCN([C@H](C(=O)N[C@H](C)c2ccccc2)C2CCCC2)CC1. The molecule has 2 fully saturated rings. The number of urea groups is 1. The molecule has 0 spiro atoms. The topological polar surface area (TPSA) is 64.7 Å². The summed E-state index contributed by atoms with van der Waals surface area (Å²) >= 11 is 0. The van der Waals surface area contributed by atoms with Gasteiger partial charge in [0.15, 0.2) is 0 Å². The van der Waals surface area contributed by atoms with Crippen molar-refractivity contribution in [3.8, 4) is 0 Å². The van der Waals surface area contributed by atoms with E-state index >= 15 is 0 Å². The van der Waals surface area contributed by atoms with Gasteiger partial charge >= 0.3 is 6.03 Å². The van der Waals surface area contributed by atoms with Crippen molar-refractivity contribution in [3.63, 3.8) is 0 Å². The summed E-state index contributed by atoms with van der Waals surface area (Å²) in [5, 5.41) is 6.09. The molecule has 6 nitrogen and oxygen atoms in total. The second kappa shape index (κ2) is 10.4. The van der Waals surface area contributed by atoms with Gasteiger partial charge in [0.05, 0.1) is 12.1 Å². The van der Waals surface area contributed by atoms with Crippen LogP contribution in [0.3, 0.4) is 0 Å². The molecular weight excluding hydrogens is 364 g/mol. The third-order valence-electron chi connectivity index (χ3n) is 6.17. The van der Waals surface area contributed by atoms with Gasteiger partial charge in [-0.15, -0.1) is 6.58 Å². The van der Waals surface area contributed by atoms with Crippen LogP contribution in [0.25, 0.3) is 0 Å². The van der Waals surface area contributed by atoms with Gasteiger partial charge in [0.1, 0.15) is 0 Å². The minimum atomic E-state index is -0.109. The molecule has 6 heteroatoms. The predicted octanol–water partition coefficient (Wildman–Crippen LogP) is 2.94. The van der Waals surface area contributed by atoms with Gasteiger partial charge in [-0.05, 0) is 31.2 Å². The highest BCUT2D eigenvalue weighted by Crippen LogP contribution is 2.31. The summed E-state index contributed by atoms with van der Waals surface area (Å²) in [4.78, 5) is 29.6. The van der Waals surface area contributed by atoms with Gasteiger partial charge in [0.25, 0.3) is 0 Å². The van der Waals surface area contributed by atoms with Gasteiger partial charge in [-0.2, -0.15) is 0 Å². The fourth-order valence-electron chi connectivity index (χ4n) is 4.55. The van der Waals surface area contributed by atoms with Crippen LogP contribution in [0.2, 0.25) is 0 Å². The maximum Gasteiger partial charge on any atom is 0.317 e. The Balaban J connectivity index is 1.62. The lowest BCUT2D eigenvalue weighted by Crippen LogP contribution is -2.59. The summed E-state index contributed by atoms with van der Waals surface area (Å²) in [6, 6.07) is 9.92. The number of amides is 3. The average molecular weight is 399 g/mol. The lowest BCUT2D eigenvalue weighted by atomic mass is 9.94. The van der Waals surface area contributed by atoms with E-state index in [-0.39, 0.29) is 24.0 Å². The molecule has 158 valence electrons. The van der Waals surface area contributed by atoms with Crippen molar-refractivity contribution < 1.29 is 9.59 Å². The molecule has 1 aliphatic carbocycles. The molecule has 1 saturated carbocycles. The third-order valence-corrected chi connectivity index (χ3v) is 6.17. The molecule has 0 aromatic heterocycles. The third kappa shape index (κ3) is 5.60. The van der Waals surface area contributed by atoms with Crippen LogP contribution in [0.1, 0.15) is 44.2 Å². The quantitative estimate of drug-likeness (QED) is 0.694. The van der Waals surface area contributed by atoms with E-state index in [1.807, 2.05) is 30.0 Å². The van der Waals surface area contributed by atoms with E-state index in [0.29, 0.717) is 25.6 Å². The summed E-state index contributed by atoms with van der Waals surface area (Å²) in [5.41, 5.74) is 1.12. The predicted molar refractivity (Wildman–Crippen MR) is 115 cm³/mol. The van der Waals surface area contributed by atoms with Crippen LogP contribution in [0.5, 0.6) is 0 Å². The number of carbonyl (C=O) groups is 2. The largest absolute Gasteiger partial charge is 0.348 e. The molecule has 1 saturated heterocycles. The minimum absolute atomic E-state index is 0.0152. The number of nitrogens with one attached hydrogen (secondary N) is 2. The Morgan fingerprint density at radius 2 is 1.79 bits per heavy atom. The summed E-state index contributed by atoms with van der Waals surface area (Å²) < 4.78 is 0. The number of nitrogens with zero attached hydrogens (tertiary/aromatic N) is 2. The van der Waals surface area contributed by atoms with Crippen LogP contribution >= 0.6 is 0 Å². The summed E-state index contributed by atoms with van der Waals surface area (Å²) in [5.74, 6) is 0.525. The van der Waals surface area contributed by atoms with Crippen molar-refractivity contribution in [2.75, 3.05) is 32.7 Å². The molecule has 2 aliphatic rings. The van der Waals surface area contributed by atoms with Crippen molar-refractivity contribution in [1.29, 1.82) is 0 Å². The number of benzene rings is 1. The number of hydrogen-bond donors (Lipinski definition) is 2. The molecule has 2 atom stereocenters. The molecule has 0 radical (unpaired) electrons. The highest BCUT2D eigenvalue weighted by atomic mass is 16.2. The lowest BCUT2D eigenvalue weighted by molar-refractivity contribution is -0.129. The molecule has 1 aliphatic heterocycles. The van der Waals surface area contributed by atoms with E-state index in [4.69, 9.17) is 0 Å². The standard InChI is InChI=1S/C23H34N4O2/c1-3-13-24-23(29)27-16-14-26(15-17-27)21(20-11-7-8-12-20)22(28)25-18(2)19-9-5-4-6-10-19/h3-6,9-10,18,20-21H,1,7-8,11-17H2,2H3,(H,24,29)(H,25,28)/t18-,21+/m1/s1. The maximum atomic E-state index is 13.3. The molecule has 1 aromatic rings. The van der Waals surface area contributed by atoms with Crippen molar-refractivity contribution in [2.45, 2.75) is 44.7 Å². The molecule has 29 heavy (non-hydrogen) atoms. The van der Waals surface area contributed by atoms with E-state index in [1.54, 1.807) is 6.08 Å². The second-order valence-electron chi connectivity index (χ2n) is 8.13. The zero-order valence-electron chi connectivity index (χ0n) is 17.5. The fourth-order valence-corrected chi connectivity index (χ4v) is 4.55. The first-order valence-electron chi connectivity index (χ1n) is 10.8. The van der Waals surface area contributed by atoms with E-state index in [9.17, 15) is 9.59 Å². The molecule has 1 aromatic carbocycles. The fraction of sp³-hybridized carbons (Fsp3) is 0.565. The molecule has 3 rings (SSSR count). The first kappa shape index (κ1) is 21.4. The zero-order chi connectivity index (χ0) is 20.6. The molecule has 0 unspecified atom stereocenters. The Morgan fingerprint density at radius 3 is 2.41 bits per heavy atom. The number of carbonyl (C=O) groups excluding carboxylic acids is 2. The monoisotopic (exact) mass is 398 g/mol. The van der Waals surface area contributed by atoms with Crippen molar-refractivity contribution in [1.82, 2.24) is 20.4 Å². The Morgan fingerprint density at radius 1 is 1.14 bits per heavy atom. The van der Waals surface area contributed by atoms with Gasteiger partial charge in [-0.25, -0.2) is 4.79 Å². The van der Waals surface area contributed by atoms with Crippen LogP contribution in [-0.2, 0) is 4.79 Å². The van der Waals surface area contributed by atoms with Crippen LogP contribution in [-0.4, -0.2) is 60.5 Å². The van der Waals surface area contributed by atoms with Crippen LogP contribution in [0.4, 0.5) is 4.79 Å². The lowest BCUT2D eigenvalue weighted by Gasteiger charge is -2.41. The van der Waals surface area contributed by atoms with Gasteiger partial charge in [-0.3, -0.25) is 9.69 Å². The van der Waals surface area contributed by atoms with Crippen LogP contribution < -0.4 is 10.6 Å². The van der Waals surface area contributed by atoms with E-state index in [0.717, 1.165) is 31.5 Å². The summed E-state index contributed by atoms with van der Waals surface area (Å²) in [7, 11) is 0. The van der Waals surface area contributed by atoms with E-state index in [1.165, 1.54) is 12.8 Å². The Hall–Kier alpha value is -2.34. The van der Waals surface area contributed by atoms with Gasteiger partial charge in [-0.1, -0.05) is 49.2 Å². The van der Waals surface area contributed by atoms with Crippen LogP contribution in [0, 0.1) is 5.92 Å². The maximum absolute atomic E-state index is 13.3. The zero-order valence-corrected chi connectivity index (χ0v) is 17.5.